The highest BCUT2D eigenvalue weighted by atomic mass is 32.2. The Labute approximate surface area is 139 Å². The van der Waals surface area contributed by atoms with E-state index in [0.717, 1.165) is 4.31 Å². The zero-order valence-corrected chi connectivity index (χ0v) is 14.1. The van der Waals surface area contributed by atoms with Crippen molar-refractivity contribution < 1.29 is 22.8 Å². The van der Waals surface area contributed by atoms with Crippen LogP contribution >= 0.6 is 0 Å². The van der Waals surface area contributed by atoms with Gasteiger partial charge in [0.25, 0.3) is 10.0 Å². The highest BCUT2D eigenvalue weighted by Crippen LogP contribution is 2.42. The molecule has 0 aromatic carbocycles. The first-order chi connectivity index (χ1) is 11.2. The molecule has 3 rings (SSSR count). The Balaban J connectivity index is 2.02. The maximum atomic E-state index is 12.8. The second-order valence-corrected chi connectivity index (χ2v) is 8.46. The van der Waals surface area contributed by atoms with Gasteiger partial charge in [0.05, 0.1) is 12.6 Å². The average molecular weight is 351 g/mol. The first kappa shape index (κ1) is 16.7. The van der Waals surface area contributed by atoms with Gasteiger partial charge in [0, 0.05) is 18.2 Å². The lowest BCUT2D eigenvalue weighted by atomic mass is 9.86. The van der Waals surface area contributed by atoms with Crippen molar-refractivity contribution in [2.75, 3.05) is 13.1 Å². The summed E-state index contributed by atoms with van der Waals surface area (Å²) in [7, 11) is -4.41. The van der Waals surface area contributed by atoms with E-state index in [4.69, 9.17) is 0 Å². The molecule has 0 radical (unpaired) electrons. The number of carbonyl (C=O) groups is 3. The molecule has 0 N–H and O–H groups in total. The fraction of sp³-hybridized carbons (Fsp3) is 0.467. The summed E-state index contributed by atoms with van der Waals surface area (Å²) in [6.07, 6.45) is 1.88. The largest absolute Gasteiger partial charge is 0.333 e. The molecule has 128 valence electrons. The van der Waals surface area contributed by atoms with E-state index in [0.29, 0.717) is 6.41 Å². The molecule has 1 aromatic heterocycles. The zero-order chi connectivity index (χ0) is 17.7. The zero-order valence-electron chi connectivity index (χ0n) is 13.2. The fourth-order valence-corrected chi connectivity index (χ4v) is 5.18. The smallest absolute Gasteiger partial charge is 0.310 e. The molecule has 0 aliphatic carbocycles. The molecule has 24 heavy (non-hydrogen) atoms. The Bertz CT molecular complexity index is 806. The number of sulfonamides is 1. The molecule has 8 nitrogen and oxygen atoms in total. The van der Waals surface area contributed by atoms with Crippen LogP contribution in [0.4, 0.5) is 0 Å². The van der Waals surface area contributed by atoms with Crippen molar-refractivity contribution in [3.8, 4) is 0 Å². The van der Waals surface area contributed by atoms with E-state index in [1.54, 1.807) is 19.9 Å². The number of rotatable bonds is 3. The van der Waals surface area contributed by atoms with Crippen molar-refractivity contribution in [3.63, 3.8) is 0 Å². The van der Waals surface area contributed by atoms with Gasteiger partial charge in [0.15, 0.2) is 5.78 Å². The van der Waals surface area contributed by atoms with E-state index < -0.39 is 39.2 Å². The van der Waals surface area contributed by atoms with Crippen molar-refractivity contribution in [1.29, 1.82) is 0 Å². The summed E-state index contributed by atoms with van der Waals surface area (Å²) in [6, 6.07) is 2.80. The molecule has 2 aliphatic heterocycles. The van der Waals surface area contributed by atoms with Gasteiger partial charge in [-0.15, -0.1) is 0 Å². The standard InChI is InChI=1S/C15H17N3O5S/c1-15(2)8-17(9-19)12-11(20)7-18(13(12)15)24(22,23)14(21)10-5-3-4-6-16-10/h3-6,9,12-13H,7-8H2,1-2H3. The number of likely N-dealkylation sites (tertiary alicyclic amines) is 1. The maximum Gasteiger partial charge on any atom is 0.310 e. The third-order valence-corrected chi connectivity index (χ3v) is 6.20. The first-order valence-corrected chi connectivity index (χ1v) is 8.85. The Kier molecular flexibility index (Phi) is 3.80. The van der Waals surface area contributed by atoms with Gasteiger partial charge in [0.2, 0.25) is 6.41 Å². The van der Waals surface area contributed by atoms with Crippen LogP contribution in [-0.4, -0.2) is 65.1 Å². The summed E-state index contributed by atoms with van der Waals surface area (Å²) in [5, 5.41) is -1.14. The average Bonchev–Trinajstić information content (AvgIpc) is 3.04. The lowest BCUT2D eigenvalue weighted by Gasteiger charge is -2.31. The predicted molar refractivity (Wildman–Crippen MR) is 83.3 cm³/mol. The molecule has 9 heteroatoms. The summed E-state index contributed by atoms with van der Waals surface area (Å²) < 4.78 is 26.5. The summed E-state index contributed by atoms with van der Waals surface area (Å²) in [4.78, 5) is 41.0. The highest BCUT2D eigenvalue weighted by molar-refractivity contribution is 8.04. The molecule has 3 heterocycles. The van der Waals surface area contributed by atoms with E-state index in [1.165, 1.54) is 23.2 Å². The van der Waals surface area contributed by atoms with Crippen molar-refractivity contribution in [1.82, 2.24) is 14.2 Å². The number of Topliss-reactive ketones (excluding diaryl/α,β-unsaturated/α-hetero) is 1. The number of ketones is 1. The van der Waals surface area contributed by atoms with Crippen molar-refractivity contribution in [3.05, 3.63) is 30.1 Å². The van der Waals surface area contributed by atoms with E-state index in [-0.39, 0.29) is 18.0 Å². The number of hydrogen-bond acceptors (Lipinski definition) is 6. The number of carbonyl (C=O) groups excluding carboxylic acids is 3. The first-order valence-electron chi connectivity index (χ1n) is 7.41. The second kappa shape index (κ2) is 5.45. The fourth-order valence-electron chi connectivity index (χ4n) is 3.58. The van der Waals surface area contributed by atoms with Gasteiger partial charge >= 0.3 is 5.12 Å². The molecule has 0 saturated carbocycles. The summed E-state index contributed by atoms with van der Waals surface area (Å²) in [5.41, 5.74) is -0.841. The molecule has 2 saturated heterocycles. The van der Waals surface area contributed by atoms with Crippen LogP contribution in [0.2, 0.25) is 0 Å². The van der Waals surface area contributed by atoms with Gasteiger partial charge in [-0.2, -0.15) is 4.31 Å². The van der Waals surface area contributed by atoms with Crippen LogP contribution < -0.4 is 0 Å². The van der Waals surface area contributed by atoms with Crippen LogP contribution in [0.15, 0.2) is 24.4 Å². The monoisotopic (exact) mass is 351 g/mol. The normalized spacial score (nSPS) is 26.4. The van der Waals surface area contributed by atoms with Gasteiger partial charge < -0.3 is 4.90 Å². The number of fused-ring (bicyclic) bond motifs is 1. The van der Waals surface area contributed by atoms with Crippen LogP contribution in [0.1, 0.15) is 24.3 Å². The molecule has 1 amide bonds. The Morgan fingerprint density at radius 1 is 1.38 bits per heavy atom. The minimum Gasteiger partial charge on any atom is -0.333 e. The quantitative estimate of drug-likeness (QED) is 0.691. The molecular weight excluding hydrogens is 334 g/mol. The number of aromatic nitrogens is 1. The topological polar surface area (TPSA) is 105 Å². The van der Waals surface area contributed by atoms with Gasteiger partial charge in [0.1, 0.15) is 11.7 Å². The highest BCUT2D eigenvalue weighted by Gasteiger charge is 2.60. The summed E-state index contributed by atoms with van der Waals surface area (Å²) in [5.74, 6) is -0.380. The van der Waals surface area contributed by atoms with Crippen molar-refractivity contribution in [2.45, 2.75) is 25.9 Å². The Hall–Kier alpha value is -2.13. The number of pyridine rings is 1. The number of nitrogens with zero attached hydrogens (tertiary/aromatic N) is 3. The lowest BCUT2D eigenvalue weighted by molar-refractivity contribution is -0.127. The molecular formula is C15H17N3O5S. The molecule has 2 unspecified atom stereocenters. The maximum absolute atomic E-state index is 12.8. The van der Waals surface area contributed by atoms with E-state index >= 15 is 0 Å². The molecule has 1 aromatic rings. The minimum atomic E-state index is -4.41. The van der Waals surface area contributed by atoms with E-state index in [9.17, 15) is 22.8 Å². The Morgan fingerprint density at radius 3 is 2.67 bits per heavy atom. The van der Waals surface area contributed by atoms with E-state index in [2.05, 4.69) is 4.98 Å². The molecule has 2 aliphatic rings. The van der Waals surface area contributed by atoms with Crippen LogP contribution in [0, 0.1) is 5.41 Å². The number of amides is 1. The third kappa shape index (κ3) is 2.35. The van der Waals surface area contributed by atoms with Gasteiger partial charge in [-0.25, -0.2) is 8.42 Å². The molecule has 2 atom stereocenters. The second-order valence-electron chi connectivity index (χ2n) is 6.68. The van der Waals surface area contributed by atoms with Gasteiger partial charge in [-0.1, -0.05) is 19.9 Å². The predicted octanol–water partition coefficient (Wildman–Crippen LogP) is -0.328. The molecule has 0 spiro atoms. The third-order valence-electron chi connectivity index (χ3n) is 4.55. The molecule has 0 bridgehead atoms. The van der Waals surface area contributed by atoms with Crippen molar-refractivity contribution >= 4 is 27.3 Å². The lowest BCUT2D eigenvalue weighted by Crippen LogP contribution is -2.48. The van der Waals surface area contributed by atoms with Crippen LogP contribution in [0.5, 0.6) is 0 Å². The van der Waals surface area contributed by atoms with Crippen LogP contribution in [-0.2, 0) is 19.6 Å². The SMILES string of the molecule is CC1(C)CN(C=O)C2C(=O)CN(S(=O)(=O)C(=O)c3ccccn3)C21. The van der Waals surface area contributed by atoms with Crippen LogP contribution in [0.3, 0.4) is 0 Å². The summed E-state index contributed by atoms with van der Waals surface area (Å²) in [6.45, 7) is 3.40. The molecule has 2 fully saturated rings. The number of hydrogen-bond donors (Lipinski definition) is 0. The van der Waals surface area contributed by atoms with Gasteiger partial charge in [-0.3, -0.25) is 19.4 Å². The Morgan fingerprint density at radius 2 is 2.08 bits per heavy atom. The van der Waals surface area contributed by atoms with Crippen molar-refractivity contribution in [2.24, 2.45) is 5.41 Å². The van der Waals surface area contributed by atoms with Gasteiger partial charge in [-0.05, 0) is 12.1 Å². The van der Waals surface area contributed by atoms with E-state index in [1.807, 2.05) is 0 Å². The van der Waals surface area contributed by atoms with Crippen LogP contribution in [0.25, 0.3) is 0 Å². The minimum absolute atomic E-state index is 0.198. The summed E-state index contributed by atoms with van der Waals surface area (Å²) >= 11 is 0.